The molecule has 1 aromatic rings. The molecule has 0 spiro atoms. The Hall–Kier alpha value is -1.12. The molecule has 0 saturated carbocycles. The van der Waals surface area contributed by atoms with Gasteiger partial charge in [0, 0.05) is 26.8 Å². The number of hydrogen-bond donors (Lipinski definition) is 1. The summed E-state index contributed by atoms with van der Waals surface area (Å²) >= 11 is 0. The average Bonchev–Trinajstić information content (AvgIpc) is 1.82. The van der Waals surface area contributed by atoms with Crippen molar-refractivity contribution in [3.8, 4) is 0 Å². The Morgan fingerprint density at radius 2 is 2.00 bits per heavy atom. The lowest BCUT2D eigenvalue weighted by atomic mass is 10.3. The summed E-state index contributed by atoms with van der Waals surface area (Å²) in [5.41, 5.74) is 1.74. The molecule has 0 aromatic carbocycles. The lowest BCUT2D eigenvalue weighted by molar-refractivity contribution is -0.914. The Kier molecular flexibility index (Phi) is 1.57. The molecule has 0 fully saturated rings. The van der Waals surface area contributed by atoms with Gasteiger partial charge in [0.05, 0.1) is 0 Å². The maximum Gasteiger partial charge on any atom is 0.334 e. The first kappa shape index (κ1) is 6.99. The highest BCUT2D eigenvalue weighted by molar-refractivity contribution is 5.01. The van der Waals surface area contributed by atoms with Crippen molar-refractivity contribution in [2.75, 3.05) is 0 Å². The van der Waals surface area contributed by atoms with Crippen LogP contribution in [-0.4, -0.2) is 10.2 Å². The van der Waals surface area contributed by atoms with Gasteiger partial charge in [0.1, 0.15) is 0 Å². The van der Waals surface area contributed by atoms with Crippen molar-refractivity contribution in [3.05, 3.63) is 23.3 Å². The van der Waals surface area contributed by atoms with Crippen molar-refractivity contribution in [1.82, 2.24) is 4.98 Å². The number of nitrogens with zero attached hydrogens (tertiary/aromatic N) is 2. The van der Waals surface area contributed by atoms with Crippen LogP contribution in [0.25, 0.3) is 0 Å². The van der Waals surface area contributed by atoms with Crippen LogP contribution in [0, 0.1) is 20.8 Å². The van der Waals surface area contributed by atoms with Gasteiger partial charge < -0.3 is 5.21 Å². The van der Waals surface area contributed by atoms with Crippen LogP contribution in [0.1, 0.15) is 17.2 Å². The Labute approximate surface area is 59.9 Å². The molecule has 0 aliphatic carbocycles. The number of aryl methyl sites for hydroxylation is 3. The topological polar surface area (TPSA) is 37.0 Å². The van der Waals surface area contributed by atoms with Gasteiger partial charge in [-0.25, -0.2) is 0 Å². The summed E-state index contributed by atoms with van der Waals surface area (Å²) < 4.78 is 1.08. The second kappa shape index (κ2) is 2.25. The lowest BCUT2D eigenvalue weighted by Crippen LogP contribution is -2.38. The molecule has 3 nitrogen and oxygen atoms in total. The fourth-order valence-corrected chi connectivity index (χ4v) is 0.954. The van der Waals surface area contributed by atoms with E-state index in [0.717, 1.165) is 16.1 Å². The number of aromatic nitrogens is 2. The predicted molar refractivity (Wildman–Crippen MR) is 35.8 cm³/mol. The van der Waals surface area contributed by atoms with Crippen LogP contribution in [0.2, 0.25) is 0 Å². The van der Waals surface area contributed by atoms with Gasteiger partial charge in [0.15, 0.2) is 11.4 Å². The summed E-state index contributed by atoms with van der Waals surface area (Å²) in [6, 6.07) is 1.83. The zero-order valence-electron chi connectivity index (χ0n) is 6.42. The van der Waals surface area contributed by atoms with E-state index in [1.807, 2.05) is 19.9 Å². The van der Waals surface area contributed by atoms with Gasteiger partial charge in [0.25, 0.3) is 0 Å². The molecule has 1 heterocycles. The highest BCUT2D eigenvalue weighted by atomic mass is 16.5. The highest BCUT2D eigenvalue weighted by Gasteiger charge is 2.09. The predicted octanol–water partition coefficient (Wildman–Crippen LogP) is 0.532. The number of rotatable bonds is 0. The molecular weight excluding hydrogens is 128 g/mol. The first-order valence-electron chi connectivity index (χ1n) is 3.17. The van der Waals surface area contributed by atoms with Gasteiger partial charge in [-0.15, -0.1) is 0 Å². The molecule has 0 unspecified atom stereocenters. The van der Waals surface area contributed by atoms with E-state index in [2.05, 4.69) is 4.98 Å². The molecule has 1 rings (SSSR count). The summed E-state index contributed by atoms with van der Waals surface area (Å²) in [6.07, 6.45) is 0. The van der Waals surface area contributed by atoms with E-state index < -0.39 is 0 Å². The zero-order chi connectivity index (χ0) is 7.72. The SMILES string of the molecule is Cc1cc(C)[n+](O)c(C)n1. The molecule has 1 N–H and O–H groups in total. The fourth-order valence-electron chi connectivity index (χ4n) is 0.954. The van der Waals surface area contributed by atoms with Gasteiger partial charge in [-0.3, -0.25) is 0 Å². The van der Waals surface area contributed by atoms with E-state index in [1.165, 1.54) is 0 Å². The van der Waals surface area contributed by atoms with Gasteiger partial charge in [-0.2, -0.15) is 0 Å². The van der Waals surface area contributed by atoms with Crippen LogP contribution in [-0.2, 0) is 0 Å². The Bertz CT molecular complexity index is 235. The lowest BCUT2D eigenvalue weighted by Gasteiger charge is -1.94. The van der Waals surface area contributed by atoms with Crippen LogP contribution in [0.5, 0.6) is 0 Å². The van der Waals surface area contributed by atoms with E-state index in [0.29, 0.717) is 5.82 Å². The molecule has 0 atom stereocenters. The normalized spacial score (nSPS) is 9.90. The Morgan fingerprint density at radius 1 is 1.40 bits per heavy atom. The molecule has 3 heteroatoms. The molecule has 1 aromatic heterocycles. The molecule has 0 amide bonds. The standard InChI is InChI=1S/C7H11N2O/c1-5-4-6(2)9(10)7(3)8-5/h4,10H,1-3H3/q+1. The van der Waals surface area contributed by atoms with Crippen molar-refractivity contribution in [1.29, 1.82) is 0 Å². The summed E-state index contributed by atoms with van der Waals surface area (Å²) in [5, 5.41) is 9.18. The second-order valence-corrected chi connectivity index (χ2v) is 2.40. The van der Waals surface area contributed by atoms with E-state index >= 15 is 0 Å². The third kappa shape index (κ3) is 1.07. The molecular formula is C7H11N2O+. The zero-order valence-corrected chi connectivity index (χ0v) is 6.42. The summed E-state index contributed by atoms with van der Waals surface area (Å²) in [5.74, 6) is 0.623. The van der Waals surface area contributed by atoms with Crippen molar-refractivity contribution in [2.45, 2.75) is 20.8 Å². The Morgan fingerprint density at radius 3 is 2.50 bits per heavy atom. The van der Waals surface area contributed by atoms with Gasteiger partial charge >= 0.3 is 5.82 Å². The molecule has 54 valence electrons. The smallest absolute Gasteiger partial charge is 0.334 e. The van der Waals surface area contributed by atoms with Crippen LogP contribution >= 0.6 is 0 Å². The molecule has 10 heavy (non-hydrogen) atoms. The summed E-state index contributed by atoms with van der Waals surface area (Å²) in [7, 11) is 0. The van der Waals surface area contributed by atoms with Crippen molar-refractivity contribution < 1.29 is 9.94 Å². The van der Waals surface area contributed by atoms with Crippen molar-refractivity contribution in [2.24, 2.45) is 0 Å². The van der Waals surface area contributed by atoms with Crippen LogP contribution in [0.4, 0.5) is 0 Å². The maximum absolute atomic E-state index is 9.18. The minimum Gasteiger partial charge on any atom is -0.350 e. The van der Waals surface area contributed by atoms with E-state index in [1.54, 1.807) is 6.92 Å². The first-order chi connectivity index (χ1) is 4.61. The monoisotopic (exact) mass is 139 g/mol. The second-order valence-electron chi connectivity index (χ2n) is 2.40. The maximum atomic E-state index is 9.18. The average molecular weight is 139 g/mol. The van der Waals surface area contributed by atoms with E-state index in [-0.39, 0.29) is 0 Å². The third-order valence-corrected chi connectivity index (χ3v) is 1.40. The molecule has 0 aliphatic rings. The van der Waals surface area contributed by atoms with Crippen molar-refractivity contribution >= 4 is 0 Å². The van der Waals surface area contributed by atoms with Crippen LogP contribution < -0.4 is 4.73 Å². The minimum absolute atomic E-state index is 0.623. The van der Waals surface area contributed by atoms with E-state index in [4.69, 9.17) is 0 Å². The van der Waals surface area contributed by atoms with Gasteiger partial charge in [-0.05, 0) is 9.71 Å². The third-order valence-electron chi connectivity index (χ3n) is 1.40. The largest absolute Gasteiger partial charge is 0.350 e. The Balaban J connectivity index is 3.31. The summed E-state index contributed by atoms with van der Waals surface area (Å²) in [6.45, 7) is 5.50. The molecule has 0 saturated heterocycles. The van der Waals surface area contributed by atoms with Gasteiger partial charge in [-0.1, -0.05) is 0 Å². The first-order valence-corrected chi connectivity index (χ1v) is 3.17. The van der Waals surface area contributed by atoms with Gasteiger partial charge in [0.2, 0.25) is 0 Å². The number of hydrogen-bond acceptors (Lipinski definition) is 2. The van der Waals surface area contributed by atoms with Crippen LogP contribution in [0.15, 0.2) is 6.07 Å². The summed E-state index contributed by atoms with van der Waals surface area (Å²) in [4.78, 5) is 4.05. The minimum atomic E-state index is 0.623. The molecule has 0 radical (unpaired) electrons. The highest BCUT2D eigenvalue weighted by Crippen LogP contribution is 1.93. The molecule has 0 aliphatic heterocycles. The quantitative estimate of drug-likeness (QED) is 0.420. The van der Waals surface area contributed by atoms with Crippen molar-refractivity contribution in [3.63, 3.8) is 0 Å². The molecule has 0 bridgehead atoms. The fraction of sp³-hybridized carbons (Fsp3) is 0.429. The van der Waals surface area contributed by atoms with Crippen LogP contribution in [0.3, 0.4) is 0 Å². The van der Waals surface area contributed by atoms with E-state index in [9.17, 15) is 5.21 Å².